The number of rotatable bonds is 4. The van der Waals surface area contributed by atoms with E-state index in [0.29, 0.717) is 11.0 Å². The number of amides is 1. The van der Waals surface area contributed by atoms with Crippen molar-refractivity contribution in [2.45, 2.75) is 11.3 Å². The van der Waals surface area contributed by atoms with E-state index in [2.05, 4.69) is 29.1 Å². The molecule has 0 radical (unpaired) electrons. The highest BCUT2D eigenvalue weighted by Gasteiger charge is 2.30. The van der Waals surface area contributed by atoms with Gasteiger partial charge in [0.1, 0.15) is 5.52 Å². The van der Waals surface area contributed by atoms with E-state index < -0.39 is 0 Å². The van der Waals surface area contributed by atoms with Crippen molar-refractivity contribution >= 4 is 28.8 Å². The van der Waals surface area contributed by atoms with Crippen LogP contribution in [0.2, 0.25) is 0 Å². The Labute approximate surface area is 157 Å². The van der Waals surface area contributed by atoms with Gasteiger partial charge in [-0.15, -0.1) is 0 Å². The summed E-state index contributed by atoms with van der Waals surface area (Å²) in [5, 5.41) is 0.546. The van der Waals surface area contributed by atoms with E-state index >= 15 is 0 Å². The molecular formula is C20H21N3O2S. The van der Waals surface area contributed by atoms with E-state index in [1.807, 2.05) is 47.4 Å². The Kier molecular flexibility index (Phi) is 4.95. The van der Waals surface area contributed by atoms with Crippen LogP contribution in [0.3, 0.4) is 0 Å². The minimum Gasteiger partial charge on any atom is -0.431 e. The molecule has 1 amide bonds. The summed E-state index contributed by atoms with van der Waals surface area (Å²) < 4.78 is 5.71. The third kappa shape index (κ3) is 3.61. The van der Waals surface area contributed by atoms with Crippen molar-refractivity contribution in [3.05, 3.63) is 60.2 Å². The van der Waals surface area contributed by atoms with Crippen molar-refractivity contribution in [1.82, 2.24) is 14.8 Å². The standard InChI is InChI=1S/C20H21N3O2S/c1-22-11-12-23(17(13-22)15-7-3-2-4-8-15)19(24)14-26-20-21-16-9-5-6-10-18(16)25-20/h2-10,17H,11-14H2,1H3/t17-/m0/s1. The number of fused-ring (bicyclic) bond motifs is 1. The number of carbonyl (C=O) groups is 1. The lowest BCUT2D eigenvalue weighted by molar-refractivity contribution is -0.133. The summed E-state index contributed by atoms with van der Waals surface area (Å²) in [6.07, 6.45) is 0. The maximum absolute atomic E-state index is 12.9. The molecular weight excluding hydrogens is 346 g/mol. The van der Waals surface area contributed by atoms with Gasteiger partial charge in [-0.3, -0.25) is 4.79 Å². The Hall–Kier alpha value is -2.31. The lowest BCUT2D eigenvalue weighted by Gasteiger charge is -2.40. The first-order valence-corrected chi connectivity index (χ1v) is 9.70. The van der Waals surface area contributed by atoms with E-state index in [4.69, 9.17) is 4.42 Å². The number of para-hydroxylation sites is 2. The lowest BCUT2D eigenvalue weighted by Crippen LogP contribution is -2.49. The molecule has 134 valence electrons. The summed E-state index contributed by atoms with van der Waals surface area (Å²) in [6.45, 7) is 2.48. The molecule has 1 aliphatic heterocycles. The molecule has 1 aromatic heterocycles. The number of likely N-dealkylation sites (N-methyl/N-ethyl adjacent to an activating group) is 1. The van der Waals surface area contributed by atoms with Crippen LogP contribution in [0, 0.1) is 0 Å². The van der Waals surface area contributed by atoms with Gasteiger partial charge in [0.15, 0.2) is 5.58 Å². The van der Waals surface area contributed by atoms with Gasteiger partial charge in [-0.25, -0.2) is 4.98 Å². The summed E-state index contributed by atoms with van der Waals surface area (Å²) in [6, 6.07) is 18.0. The smallest absolute Gasteiger partial charge is 0.257 e. The van der Waals surface area contributed by atoms with Gasteiger partial charge in [-0.1, -0.05) is 54.2 Å². The largest absolute Gasteiger partial charge is 0.431 e. The fourth-order valence-electron chi connectivity index (χ4n) is 3.30. The van der Waals surface area contributed by atoms with Crippen molar-refractivity contribution in [2.24, 2.45) is 0 Å². The van der Waals surface area contributed by atoms with Crippen LogP contribution in [0.15, 0.2) is 64.2 Å². The highest BCUT2D eigenvalue weighted by atomic mass is 32.2. The third-order valence-electron chi connectivity index (χ3n) is 4.68. The Bertz CT molecular complexity index is 863. The zero-order valence-corrected chi connectivity index (χ0v) is 15.5. The van der Waals surface area contributed by atoms with Crippen molar-refractivity contribution in [3.63, 3.8) is 0 Å². The summed E-state index contributed by atoms with van der Waals surface area (Å²) in [5.41, 5.74) is 2.76. The molecule has 0 aliphatic carbocycles. The van der Waals surface area contributed by atoms with E-state index in [9.17, 15) is 4.79 Å². The van der Waals surface area contributed by atoms with Crippen molar-refractivity contribution in [2.75, 3.05) is 32.4 Å². The number of hydrogen-bond acceptors (Lipinski definition) is 5. The molecule has 1 saturated heterocycles. The van der Waals surface area contributed by atoms with E-state index in [-0.39, 0.29) is 11.9 Å². The molecule has 1 atom stereocenters. The highest BCUT2D eigenvalue weighted by molar-refractivity contribution is 7.99. The van der Waals surface area contributed by atoms with Gasteiger partial charge < -0.3 is 14.2 Å². The summed E-state index contributed by atoms with van der Waals surface area (Å²) in [7, 11) is 2.10. The van der Waals surface area contributed by atoms with Gasteiger partial charge in [0.25, 0.3) is 5.22 Å². The molecule has 4 rings (SSSR count). The van der Waals surface area contributed by atoms with Gasteiger partial charge in [0.05, 0.1) is 11.8 Å². The Morgan fingerprint density at radius 2 is 1.92 bits per heavy atom. The first-order valence-electron chi connectivity index (χ1n) is 8.72. The van der Waals surface area contributed by atoms with Crippen molar-refractivity contribution in [3.8, 4) is 0 Å². The molecule has 1 aliphatic rings. The fraction of sp³-hybridized carbons (Fsp3) is 0.300. The van der Waals surface area contributed by atoms with Crippen molar-refractivity contribution in [1.29, 1.82) is 0 Å². The van der Waals surface area contributed by atoms with E-state index in [1.54, 1.807) is 0 Å². The van der Waals surface area contributed by atoms with Crippen LogP contribution in [-0.4, -0.2) is 53.1 Å². The highest BCUT2D eigenvalue weighted by Crippen LogP contribution is 2.28. The van der Waals surface area contributed by atoms with Gasteiger partial charge in [-0.05, 0) is 24.7 Å². The average molecular weight is 367 g/mol. The maximum Gasteiger partial charge on any atom is 0.257 e. The molecule has 0 spiro atoms. The molecule has 1 fully saturated rings. The second-order valence-corrected chi connectivity index (χ2v) is 7.44. The average Bonchev–Trinajstić information content (AvgIpc) is 3.10. The van der Waals surface area contributed by atoms with Crippen LogP contribution in [0.4, 0.5) is 0 Å². The molecule has 2 aromatic carbocycles. The van der Waals surface area contributed by atoms with Crippen molar-refractivity contribution < 1.29 is 9.21 Å². The summed E-state index contributed by atoms with van der Waals surface area (Å²) in [4.78, 5) is 21.6. The first kappa shape index (κ1) is 17.1. The zero-order valence-electron chi connectivity index (χ0n) is 14.7. The van der Waals surface area contributed by atoms with Gasteiger partial charge in [0, 0.05) is 19.6 Å². The van der Waals surface area contributed by atoms with Crippen LogP contribution in [0.5, 0.6) is 0 Å². The minimum atomic E-state index is 0.0895. The van der Waals surface area contributed by atoms with Gasteiger partial charge in [0.2, 0.25) is 5.91 Å². The number of hydrogen-bond donors (Lipinski definition) is 0. The lowest BCUT2D eigenvalue weighted by atomic mass is 10.0. The number of benzene rings is 2. The predicted molar refractivity (Wildman–Crippen MR) is 103 cm³/mol. The second kappa shape index (κ2) is 7.51. The minimum absolute atomic E-state index is 0.0895. The number of carbonyl (C=O) groups excluding carboxylic acids is 1. The topological polar surface area (TPSA) is 49.6 Å². The fourth-order valence-corrected chi connectivity index (χ4v) is 4.02. The molecule has 0 saturated carbocycles. The normalized spacial score (nSPS) is 18.3. The number of nitrogens with zero attached hydrogens (tertiary/aromatic N) is 3. The quantitative estimate of drug-likeness (QED) is 0.661. The number of aromatic nitrogens is 1. The van der Waals surface area contributed by atoms with Crippen LogP contribution >= 0.6 is 11.8 Å². The van der Waals surface area contributed by atoms with Crippen LogP contribution in [-0.2, 0) is 4.79 Å². The summed E-state index contributed by atoms with van der Waals surface area (Å²) in [5.74, 6) is 0.457. The van der Waals surface area contributed by atoms with Gasteiger partial charge >= 0.3 is 0 Å². The predicted octanol–water partition coefficient (Wildman–Crippen LogP) is 3.44. The number of oxazole rings is 1. The number of piperazine rings is 1. The Balaban J connectivity index is 1.46. The zero-order chi connectivity index (χ0) is 17.9. The van der Waals surface area contributed by atoms with Crippen LogP contribution < -0.4 is 0 Å². The molecule has 0 N–H and O–H groups in total. The molecule has 0 bridgehead atoms. The molecule has 2 heterocycles. The SMILES string of the molecule is CN1CCN(C(=O)CSc2nc3ccccc3o2)[C@H](c2ccccc2)C1. The van der Waals surface area contributed by atoms with E-state index in [0.717, 1.165) is 30.7 Å². The number of thioether (sulfide) groups is 1. The van der Waals surface area contributed by atoms with Crippen LogP contribution in [0.1, 0.15) is 11.6 Å². The Morgan fingerprint density at radius 3 is 2.73 bits per heavy atom. The first-order chi connectivity index (χ1) is 12.7. The van der Waals surface area contributed by atoms with Gasteiger partial charge in [-0.2, -0.15) is 0 Å². The second-order valence-electron chi connectivity index (χ2n) is 6.51. The van der Waals surface area contributed by atoms with E-state index in [1.165, 1.54) is 17.3 Å². The summed E-state index contributed by atoms with van der Waals surface area (Å²) >= 11 is 1.36. The monoisotopic (exact) mass is 367 g/mol. The third-order valence-corrected chi connectivity index (χ3v) is 5.49. The maximum atomic E-state index is 12.9. The molecule has 5 nitrogen and oxygen atoms in total. The Morgan fingerprint density at radius 1 is 1.15 bits per heavy atom. The molecule has 26 heavy (non-hydrogen) atoms. The molecule has 3 aromatic rings. The molecule has 0 unspecified atom stereocenters. The molecule has 6 heteroatoms. The van der Waals surface area contributed by atoms with Crippen LogP contribution in [0.25, 0.3) is 11.1 Å².